The van der Waals surface area contributed by atoms with Crippen LogP contribution in [0, 0.1) is 5.92 Å². The predicted molar refractivity (Wildman–Crippen MR) is 125 cm³/mol. The van der Waals surface area contributed by atoms with Gasteiger partial charge in [0.15, 0.2) is 3.79 Å². The third kappa shape index (κ3) is 7.46. The second-order valence-electron chi connectivity index (χ2n) is 8.60. The van der Waals surface area contributed by atoms with E-state index in [1.165, 1.54) is 5.57 Å². The first-order chi connectivity index (χ1) is 13.6. The summed E-state index contributed by atoms with van der Waals surface area (Å²) in [4.78, 5) is 0. The molecule has 0 aliphatic heterocycles. The highest BCUT2D eigenvalue weighted by Gasteiger charge is 2.41. The molecule has 2 fully saturated rings. The molecule has 168 valence electrons. The van der Waals surface area contributed by atoms with Crippen molar-refractivity contribution in [2.24, 2.45) is 5.92 Å². The Balaban J connectivity index is 1.46. The van der Waals surface area contributed by atoms with Crippen LogP contribution in [0.15, 0.2) is 11.1 Å². The molecular formula is C21H30Cl6O2. The minimum absolute atomic E-state index is 0.0196. The number of allylic oxidation sites excluding steroid dienone is 1. The van der Waals surface area contributed by atoms with Crippen molar-refractivity contribution in [2.45, 2.75) is 103 Å². The number of hydrogen-bond donors (Lipinski definition) is 0. The molecule has 2 saturated carbocycles. The van der Waals surface area contributed by atoms with Gasteiger partial charge in [-0.3, -0.25) is 0 Å². The van der Waals surface area contributed by atoms with Crippen LogP contribution >= 0.6 is 69.6 Å². The van der Waals surface area contributed by atoms with E-state index in [9.17, 15) is 0 Å². The molecule has 0 aromatic heterocycles. The van der Waals surface area contributed by atoms with Gasteiger partial charge in [0.25, 0.3) is 0 Å². The second kappa shape index (κ2) is 11.0. The van der Waals surface area contributed by atoms with Crippen LogP contribution in [0.5, 0.6) is 0 Å². The molecule has 0 saturated heterocycles. The lowest BCUT2D eigenvalue weighted by molar-refractivity contribution is -0.0889. The van der Waals surface area contributed by atoms with E-state index in [0.29, 0.717) is 6.61 Å². The summed E-state index contributed by atoms with van der Waals surface area (Å²) in [6, 6.07) is 0. The molecule has 3 aliphatic carbocycles. The SMILES string of the molecule is ClC(Cl)(Cl)C1=C(COC2CCC(OC3CCCCC3C(Cl)(Cl)Cl)CC2)CCCC1. The first-order valence-corrected chi connectivity index (χ1v) is 13.0. The Morgan fingerprint density at radius 1 is 0.724 bits per heavy atom. The van der Waals surface area contributed by atoms with E-state index < -0.39 is 7.59 Å². The lowest BCUT2D eigenvalue weighted by Gasteiger charge is -2.39. The van der Waals surface area contributed by atoms with E-state index in [0.717, 1.165) is 82.6 Å². The highest BCUT2D eigenvalue weighted by atomic mass is 35.6. The third-order valence-corrected chi connectivity index (χ3v) is 8.05. The number of halogens is 6. The van der Waals surface area contributed by atoms with Crippen LogP contribution in [-0.4, -0.2) is 32.5 Å². The van der Waals surface area contributed by atoms with E-state index in [1.54, 1.807) is 0 Å². The number of hydrogen-bond acceptors (Lipinski definition) is 2. The summed E-state index contributed by atoms with van der Waals surface area (Å²) >= 11 is 37.1. The fraction of sp³-hybridized carbons (Fsp3) is 0.905. The van der Waals surface area contributed by atoms with Gasteiger partial charge in [-0.05, 0) is 75.4 Å². The van der Waals surface area contributed by atoms with Crippen LogP contribution in [-0.2, 0) is 9.47 Å². The minimum Gasteiger partial charge on any atom is -0.375 e. The summed E-state index contributed by atoms with van der Waals surface area (Å²) in [5, 5.41) is 0. The van der Waals surface area contributed by atoms with Crippen molar-refractivity contribution in [2.75, 3.05) is 6.61 Å². The summed E-state index contributed by atoms with van der Waals surface area (Å²) in [6.45, 7) is 0.567. The van der Waals surface area contributed by atoms with Gasteiger partial charge in [0.05, 0.1) is 24.9 Å². The van der Waals surface area contributed by atoms with E-state index in [4.69, 9.17) is 79.1 Å². The van der Waals surface area contributed by atoms with Crippen molar-refractivity contribution in [3.8, 4) is 0 Å². The predicted octanol–water partition coefficient (Wildman–Crippen LogP) is 8.50. The molecule has 0 radical (unpaired) electrons. The highest BCUT2D eigenvalue weighted by Crippen LogP contribution is 2.45. The van der Waals surface area contributed by atoms with Gasteiger partial charge in [-0.25, -0.2) is 0 Å². The minimum atomic E-state index is -1.32. The van der Waals surface area contributed by atoms with E-state index in [1.807, 2.05) is 0 Å². The fourth-order valence-corrected chi connectivity index (χ4v) is 6.34. The Morgan fingerprint density at radius 3 is 2.00 bits per heavy atom. The van der Waals surface area contributed by atoms with Crippen LogP contribution in [0.2, 0.25) is 0 Å². The lowest BCUT2D eigenvalue weighted by atomic mass is 9.86. The standard InChI is InChI=1S/C21H30Cl6O2/c22-20(23,24)17-6-2-1-5-14(17)13-28-15-9-11-16(12-10-15)29-19-8-4-3-7-18(19)21(25,26)27/h15-16,18-19H,1-13H2. The Kier molecular flexibility index (Phi) is 9.51. The van der Waals surface area contributed by atoms with Crippen molar-refractivity contribution in [1.82, 2.24) is 0 Å². The summed E-state index contributed by atoms with van der Waals surface area (Å²) in [6.07, 6.45) is 12.6. The van der Waals surface area contributed by atoms with Gasteiger partial charge in [-0.2, -0.15) is 0 Å². The quantitative estimate of drug-likeness (QED) is 0.264. The molecule has 2 unspecified atom stereocenters. The van der Waals surface area contributed by atoms with Gasteiger partial charge in [0.2, 0.25) is 3.79 Å². The van der Waals surface area contributed by atoms with Gasteiger partial charge in [0, 0.05) is 5.92 Å². The largest absolute Gasteiger partial charge is 0.375 e. The maximum Gasteiger partial charge on any atom is 0.212 e. The second-order valence-corrected chi connectivity index (χ2v) is 13.3. The first-order valence-electron chi connectivity index (χ1n) is 10.8. The smallest absolute Gasteiger partial charge is 0.212 e. The van der Waals surface area contributed by atoms with Crippen LogP contribution in [0.1, 0.15) is 77.0 Å². The highest BCUT2D eigenvalue weighted by molar-refractivity contribution is 6.69. The molecule has 3 aliphatic rings. The first kappa shape index (κ1) is 25.0. The summed E-state index contributed by atoms with van der Waals surface area (Å²) in [7, 11) is 0. The molecule has 0 heterocycles. The number of alkyl halides is 6. The monoisotopic (exact) mass is 524 g/mol. The van der Waals surface area contributed by atoms with Crippen molar-refractivity contribution in [1.29, 1.82) is 0 Å². The third-order valence-electron chi connectivity index (χ3n) is 6.53. The van der Waals surface area contributed by atoms with Crippen LogP contribution in [0.25, 0.3) is 0 Å². The molecule has 0 N–H and O–H groups in total. The number of rotatable bonds is 5. The van der Waals surface area contributed by atoms with Crippen molar-refractivity contribution in [3.05, 3.63) is 11.1 Å². The van der Waals surface area contributed by atoms with Crippen molar-refractivity contribution in [3.63, 3.8) is 0 Å². The van der Waals surface area contributed by atoms with Crippen molar-refractivity contribution >= 4 is 69.6 Å². The molecule has 29 heavy (non-hydrogen) atoms. The fourth-order valence-electron chi connectivity index (χ4n) is 4.90. The van der Waals surface area contributed by atoms with Gasteiger partial charge in [-0.15, -0.1) is 0 Å². The molecule has 2 nitrogen and oxygen atoms in total. The molecule has 2 atom stereocenters. The molecule has 8 heteroatoms. The molecular weight excluding hydrogens is 497 g/mol. The zero-order valence-corrected chi connectivity index (χ0v) is 21.1. The summed E-state index contributed by atoms with van der Waals surface area (Å²) in [5.74, 6) is -0.0196. The maximum atomic E-state index is 6.41. The molecule has 0 aromatic rings. The zero-order valence-electron chi connectivity index (χ0n) is 16.6. The lowest BCUT2D eigenvalue weighted by Crippen LogP contribution is -2.40. The Labute approximate surface area is 204 Å². The maximum absolute atomic E-state index is 6.41. The van der Waals surface area contributed by atoms with Gasteiger partial charge >= 0.3 is 0 Å². The van der Waals surface area contributed by atoms with Crippen LogP contribution < -0.4 is 0 Å². The van der Waals surface area contributed by atoms with Gasteiger partial charge in [0.1, 0.15) is 0 Å². The molecule has 0 bridgehead atoms. The average molecular weight is 527 g/mol. The van der Waals surface area contributed by atoms with Crippen molar-refractivity contribution < 1.29 is 9.47 Å². The van der Waals surface area contributed by atoms with Crippen LogP contribution in [0.4, 0.5) is 0 Å². The molecule has 3 rings (SSSR count). The molecule has 0 aromatic carbocycles. The van der Waals surface area contributed by atoms with Crippen LogP contribution in [0.3, 0.4) is 0 Å². The Morgan fingerprint density at radius 2 is 1.34 bits per heavy atom. The normalized spacial score (nSPS) is 32.5. The van der Waals surface area contributed by atoms with E-state index in [2.05, 4.69) is 0 Å². The van der Waals surface area contributed by atoms with E-state index >= 15 is 0 Å². The van der Waals surface area contributed by atoms with Gasteiger partial charge < -0.3 is 9.47 Å². The number of ether oxygens (including phenoxy) is 2. The Hall–Kier alpha value is 1.40. The zero-order chi connectivity index (χ0) is 21.1. The molecule has 0 amide bonds. The summed E-state index contributed by atoms with van der Waals surface area (Å²) in [5.41, 5.74) is 2.10. The topological polar surface area (TPSA) is 18.5 Å². The van der Waals surface area contributed by atoms with E-state index in [-0.39, 0.29) is 24.2 Å². The average Bonchev–Trinajstić information content (AvgIpc) is 2.66. The summed E-state index contributed by atoms with van der Waals surface area (Å²) < 4.78 is 10.0. The molecule has 0 spiro atoms. The van der Waals surface area contributed by atoms with Gasteiger partial charge in [-0.1, -0.05) is 82.4 Å². The Bertz CT molecular complexity index is 560.